The van der Waals surface area contributed by atoms with Crippen LogP contribution in [0.3, 0.4) is 0 Å². The van der Waals surface area contributed by atoms with Crippen LogP contribution in [0.25, 0.3) is 11.3 Å². The summed E-state index contributed by atoms with van der Waals surface area (Å²) in [6.45, 7) is 6.95. The summed E-state index contributed by atoms with van der Waals surface area (Å²) in [5.74, 6) is 0. The molecule has 0 fully saturated rings. The number of H-pyrrole nitrogens is 1. The van der Waals surface area contributed by atoms with Crippen LogP contribution in [0.4, 0.5) is 0 Å². The summed E-state index contributed by atoms with van der Waals surface area (Å²) in [5, 5.41) is 12.4. The van der Waals surface area contributed by atoms with Gasteiger partial charge in [-0.25, -0.2) is 0 Å². The van der Waals surface area contributed by atoms with Gasteiger partial charge in [-0.05, 0) is 0 Å². The maximum absolute atomic E-state index is 4.78. The monoisotopic (exact) mass is 435 g/mol. The molecule has 0 atom stereocenters. The second kappa shape index (κ2) is 10.2. The molecular weight excluding hydrogens is 401 g/mol. The van der Waals surface area contributed by atoms with E-state index in [0.29, 0.717) is 0 Å². The number of aromatic nitrogens is 3. The summed E-state index contributed by atoms with van der Waals surface area (Å²) >= 11 is -2.53. The topological polar surface area (TPSA) is 41.6 Å². The zero-order valence-electron chi connectivity index (χ0n) is 15.6. The third-order valence-corrected chi connectivity index (χ3v) is 20.2. The summed E-state index contributed by atoms with van der Waals surface area (Å²) in [4.78, 5) is 0. The van der Waals surface area contributed by atoms with Crippen molar-refractivity contribution in [2.45, 2.75) is 72.6 Å². The fraction of sp³-hybridized carbons (Fsp3) is 0.600. The van der Waals surface area contributed by atoms with Gasteiger partial charge < -0.3 is 0 Å². The van der Waals surface area contributed by atoms with Crippen LogP contribution in [0, 0.1) is 0 Å². The first-order valence-electron chi connectivity index (χ1n) is 9.74. The fourth-order valence-corrected chi connectivity index (χ4v) is 19.5. The molecule has 0 aliphatic rings. The third-order valence-electron chi connectivity index (χ3n) is 5.12. The first kappa shape index (κ1) is 19.5. The molecule has 0 spiro atoms. The molecule has 0 unspecified atom stereocenters. The first-order valence-corrected chi connectivity index (χ1v) is 17.2. The van der Waals surface area contributed by atoms with Crippen LogP contribution in [0.5, 0.6) is 0 Å². The molecule has 0 saturated heterocycles. The van der Waals surface area contributed by atoms with Gasteiger partial charge in [-0.1, -0.05) is 0 Å². The second-order valence-corrected chi connectivity index (χ2v) is 19.9. The molecule has 132 valence electrons. The van der Waals surface area contributed by atoms with Crippen molar-refractivity contribution >= 4 is 22.1 Å². The van der Waals surface area contributed by atoms with Crippen molar-refractivity contribution in [1.29, 1.82) is 0 Å². The van der Waals surface area contributed by atoms with Crippen LogP contribution in [0.15, 0.2) is 30.3 Å². The molecule has 1 aromatic carbocycles. The Hall–Kier alpha value is -0.841. The minimum atomic E-state index is -2.53. The van der Waals surface area contributed by atoms with Crippen LogP contribution in [-0.4, -0.2) is 33.8 Å². The van der Waals surface area contributed by atoms with E-state index in [4.69, 9.17) is 5.10 Å². The number of nitrogens with zero attached hydrogens (tertiary/aromatic N) is 2. The van der Waals surface area contributed by atoms with Gasteiger partial charge in [0.05, 0.1) is 0 Å². The molecule has 0 aliphatic heterocycles. The number of aromatic amines is 1. The molecule has 2 aromatic rings. The minimum absolute atomic E-state index is 1.15. The Labute approximate surface area is 151 Å². The molecule has 3 nitrogen and oxygen atoms in total. The van der Waals surface area contributed by atoms with Gasteiger partial charge >= 0.3 is 152 Å². The molecule has 4 heteroatoms. The van der Waals surface area contributed by atoms with Crippen LogP contribution in [0.2, 0.25) is 13.3 Å². The molecule has 2 rings (SSSR count). The van der Waals surface area contributed by atoms with Gasteiger partial charge in [-0.3, -0.25) is 0 Å². The van der Waals surface area contributed by atoms with Crippen molar-refractivity contribution < 1.29 is 0 Å². The Kier molecular flexibility index (Phi) is 8.29. The Morgan fingerprint density at radius 1 is 0.792 bits per heavy atom. The summed E-state index contributed by atoms with van der Waals surface area (Å²) in [5.41, 5.74) is 2.38. The van der Waals surface area contributed by atoms with Crippen molar-refractivity contribution in [2.24, 2.45) is 0 Å². The van der Waals surface area contributed by atoms with Crippen LogP contribution in [-0.2, 0) is 0 Å². The Morgan fingerprint density at radius 2 is 1.33 bits per heavy atom. The SMILES string of the molecule is CCC[CH2][Sn]([CH2]CCC)([CH2]CCC)[c]1n[nH]nc1-c1ccccc1. The number of hydrogen-bond acceptors (Lipinski definition) is 2. The molecule has 1 aromatic heterocycles. The van der Waals surface area contributed by atoms with E-state index in [1.165, 1.54) is 61.1 Å². The van der Waals surface area contributed by atoms with Gasteiger partial charge in [0.2, 0.25) is 0 Å². The molecule has 0 saturated carbocycles. The molecule has 1 N–H and O–H groups in total. The van der Waals surface area contributed by atoms with Gasteiger partial charge in [0.1, 0.15) is 0 Å². The number of benzene rings is 1. The van der Waals surface area contributed by atoms with E-state index in [9.17, 15) is 0 Å². The molecule has 0 bridgehead atoms. The predicted molar refractivity (Wildman–Crippen MR) is 106 cm³/mol. The summed E-state index contributed by atoms with van der Waals surface area (Å²) in [6.07, 6.45) is 7.92. The fourth-order valence-electron chi connectivity index (χ4n) is 3.67. The summed E-state index contributed by atoms with van der Waals surface area (Å²) in [7, 11) is 0. The molecule has 0 aliphatic carbocycles. The van der Waals surface area contributed by atoms with Crippen LogP contribution >= 0.6 is 0 Å². The van der Waals surface area contributed by atoms with E-state index >= 15 is 0 Å². The summed E-state index contributed by atoms with van der Waals surface area (Å²) in [6, 6.07) is 10.6. The molecule has 0 amide bonds. The Balaban J connectivity index is 2.43. The second-order valence-electron chi connectivity index (χ2n) is 6.98. The quantitative estimate of drug-likeness (QED) is 0.473. The standard InChI is InChI=1S/C8H6N3.3C4H9.Sn/c1-2-4-7(5-3-1)8-6-9-11-10-8;3*1-3-4-2;/h1-5H,(H,9,10,11);3*1,3-4H2,2H3;. The molecule has 24 heavy (non-hydrogen) atoms. The molecule has 0 radical (unpaired) electrons. The van der Waals surface area contributed by atoms with E-state index in [1.807, 2.05) is 0 Å². The van der Waals surface area contributed by atoms with E-state index in [1.54, 1.807) is 0 Å². The van der Waals surface area contributed by atoms with E-state index in [0.717, 1.165) is 5.69 Å². The van der Waals surface area contributed by atoms with E-state index < -0.39 is 18.4 Å². The van der Waals surface area contributed by atoms with Gasteiger partial charge in [-0.15, -0.1) is 0 Å². The maximum atomic E-state index is 4.78. The Bertz CT molecular complexity index is 558. The first-order chi connectivity index (χ1) is 11.8. The normalized spacial score (nSPS) is 11.8. The molecular formula is C20H33N3Sn. The number of hydrogen-bond donors (Lipinski definition) is 1. The zero-order valence-corrected chi connectivity index (χ0v) is 18.5. The number of rotatable bonds is 11. The van der Waals surface area contributed by atoms with Crippen molar-refractivity contribution in [1.82, 2.24) is 15.4 Å². The van der Waals surface area contributed by atoms with Crippen molar-refractivity contribution in [3.8, 4) is 11.3 Å². The number of unbranched alkanes of at least 4 members (excludes halogenated alkanes) is 3. The summed E-state index contributed by atoms with van der Waals surface area (Å²) < 4.78 is 5.69. The van der Waals surface area contributed by atoms with Crippen LogP contribution in [0.1, 0.15) is 59.3 Å². The van der Waals surface area contributed by atoms with Crippen molar-refractivity contribution in [2.75, 3.05) is 0 Å². The van der Waals surface area contributed by atoms with Gasteiger partial charge in [-0.2, -0.15) is 0 Å². The Morgan fingerprint density at radius 3 is 1.83 bits per heavy atom. The van der Waals surface area contributed by atoms with Crippen molar-refractivity contribution in [3.05, 3.63) is 30.3 Å². The van der Waals surface area contributed by atoms with E-state index in [2.05, 4.69) is 61.4 Å². The molecule has 1 heterocycles. The average Bonchev–Trinajstić information content (AvgIpc) is 3.12. The van der Waals surface area contributed by atoms with Gasteiger partial charge in [0, 0.05) is 0 Å². The third kappa shape index (κ3) is 4.84. The average molecular weight is 434 g/mol. The zero-order chi connectivity index (χ0) is 17.3. The van der Waals surface area contributed by atoms with Gasteiger partial charge in [0.15, 0.2) is 0 Å². The van der Waals surface area contributed by atoms with Crippen LogP contribution < -0.4 is 3.71 Å². The number of nitrogens with one attached hydrogen (secondary N) is 1. The van der Waals surface area contributed by atoms with Gasteiger partial charge in [0.25, 0.3) is 0 Å². The van der Waals surface area contributed by atoms with Crippen molar-refractivity contribution in [3.63, 3.8) is 0 Å². The predicted octanol–water partition coefficient (Wildman–Crippen LogP) is 5.53. The van der Waals surface area contributed by atoms with E-state index in [-0.39, 0.29) is 0 Å².